The van der Waals surface area contributed by atoms with Gasteiger partial charge in [0.15, 0.2) is 11.5 Å². The summed E-state index contributed by atoms with van der Waals surface area (Å²) in [6.45, 7) is 7.83. The van der Waals surface area contributed by atoms with E-state index in [1.807, 2.05) is 12.1 Å². The molecule has 0 atom stereocenters. The van der Waals surface area contributed by atoms with E-state index in [0.717, 1.165) is 29.2 Å². The largest absolute Gasteiger partial charge is 0.490 e. The molecule has 0 aromatic heterocycles. The maximum atomic E-state index is 6.05. The molecule has 16 heavy (non-hydrogen) atoms. The van der Waals surface area contributed by atoms with Crippen LogP contribution in [0.3, 0.4) is 0 Å². The summed E-state index contributed by atoms with van der Waals surface area (Å²) in [5, 5.41) is 0. The van der Waals surface area contributed by atoms with Crippen molar-refractivity contribution < 1.29 is 9.47 Å². The van der Waals surface area contributed by atoms with E-state index >= 15 is 0 Å². The van der Waals surface area contributed by atoms with Gasteiger partial charge in [0, 0.05) is 18.2 Å². The van der Waals surface area contributed by atoms with Crippen molar-refractivity contribution in [2.24, 2.45) is 0 Å². The van der Waals surface area contributed by atoms with Crippen molar-refractivity contribution in [3.05, 3.63) is 17.7 Å². The summed E-state index contributed by atoms with van der Waals surface area (Å²) in [4.78, 5) is 0. The lowest BCUT2D eigenvalue weighted by Gasteiger charge is -2.22. The van der Waals surface area contributed by atoms with E-state index in [-0.39, 0.29) is 5.41 Å². The normalized spacial score (nSPS) is 15.7. The molecule has 0 spiro atoms. The zero-order valence-electron chi connectivity index (χ0n) is 10.2. The number of benzene rings is 1. The van der Waals surface area contributed by atoms with Crippen molar-refractivity contribution in [2.75, 3.05) is 18.9 Å². The second-order valence-corrected chi connectivity index (χ2v) is 5.19. The minimum Gasteiger partial charge on any atom is -0.490 e. The lowest BCUT2D eigenvalue weighted by Crippen LogP contribution is -2.14. The lowest BCUT2D eigenvalue weighted by molar-refractivity contribution is 0.297. The highest BCUT2D eigenvalue weighted by atomic mass is 16.5. The molecule has 0 amide bonds. The quantitative estimate of drug-likeness (QED) is 0.685. The number of ether oxygens (including phenoxy) is 2. The van der Waals surface area contributed by atoms with Crippen LogP contribution in [0.4, 0.5) is 5.69 Å². The number of anilines is 1. The van der Waals surface area contributed by atoms with E-state index in [4.69, 9.17) is 15.2 Å². The lowest BCUT2D eigenvalue weighted by atomic mass is 9.85. The van der Waals surface area contributed by atoms with Crippen LogP contribution in [-0.2, 0) is 5.41 Å². The Balaban J connectivity index is 2.47. The molecule has 1 aliphatic heterocycles. The molecule has 0 aliphatic carbocycles. The van der Waals surface area contributed by atoms with Crippen molar-refractivity contribution in [1.29, 1.82) is 0 Å². The third-order valence-corrected chi connectivity index (χ3v) is 2.73. The average molecular weight is 221 g/mol. The summed E-state index contributed by atoms with van der Waals surface area (Å²) < 4.78 is 11.3. The summed E-state index contributed by atoms with van der Waals surface area (Å²) in [7, 11) is 0. The Morgan fingerprint density at radius 2 is 1.62 bits per heavy atom. The molecule has 0 saturated carbocycles. The summed E-state index contributed by atoms with van der Waals surface area (Å²) in [5.41, 5.74) is 7.95. The molecular formula is C13H19NO2. The number of nitrogen functional groups attached to an aromatic ring is 1. The maximum Gasteiger partial charge on any atom is 0.163 e. The van der Waals surface area contributed by atoms with E-state index in [0.29, 0.717) is 13.2 Å². The number of rotatable bonds is 0. The standard InChI is InChI=1S/C13H19NO2/c1-13(2,3)9-7-11-12(8-10(9)14)16-6-4-5-15-11/h7-8H,4-6,14H2,1-3H3. The van der Waals surface area contributed by atoms with Crippen LogP contribution in [0.15, 0.2) is 12.1 Å². The van der Waals surface area contributed by atoms with Crippen LogP contribution < -0.4 is 15.2 Å². The van der Waals surface area contributed by atoms with Crippen molar-refractivity contribution in [2.45, 2.75) is 32.6 Å². The summed E-state index contributed by atoms with van der Waals surface area (Å²) >= 11 is 0. The van der Waals surface area contributed by atoms with Gasteiger partial charge in [0.1, 0.15) is 0 Å². The van der Waals surface area contributed by atoms with Gasteiger partial charge in [-0.2, -0.15) is 0 Å². The van der Waals surface area contributed by atoms with E-state index in [1.54, 1.807) is 0 Å². The molecule has 0 radical (unpaired) electrons. The Hall–Kier alpha value is -1.38. The first-order valence-corrected chi connectivity index (χ1v) is 5.68. The second-order valence-electron chi connectivity index (χ2n) is 5.19. The molecule has 0 unspecified atom stereocenters. The minimum atomic E-state index is 0.0226. The molecule has 3 nitrogen and oxygen atoms in total. The molecule has 0 bridgehead atoms. The topological polar surface area (TPSA) is 44.5 Å². The molecular weight excluding hydrogens is 202 g/mol. The van der Waals surface area contributed by atoms with Crippen LogP contribution >= 0.6 is 0 Å². The van der Waals surface area contributed by atoms with Crippen LogP contribution in [0.1, 0.15) is 32.8 Å². The molecule has 1 aliphatic rings. The van der Waals surface area contributed by atoms with Gasteiger partial charge in [-0.3, -0.25) is 0 Å². The third-order valence-electron chi connectivity index (χ3n) is 2.73. The number of nitrogens with two attached hydrogens (primary N) is 1. The van der Waals surface area contributed by atoms with Crippen LogP contribution in [0.2, 0.25) is 0 Å². The van der Waals surface area contributed by atoms with Crippen LogP contribution in [-0.4, -0.2) is 13.2 Å². The molecule has 3 heteroatoms. The fourth-order valence-corrected chi connectivity index (χ4v) is 1.87. The molecule has 1 aromatic rings. The van der Waals surface area contributed by atoms with Gasteiger partial charge in [0.25, 0.3) is 0 Å². The van der Waals surface area contributed by atoms with Gasteiger partial charge in [-0.25, -0.2) is 0 Å². The van der Waals surface area contributed by atoms with Gasteiger partial charge in [-0.15, -0.1) is 0 Å². The van der Waals surface area contributed by atoms with Gasteiger partial charge < -0.3 is 15.2 Å². The first-order valence-electron chi connectivity index (χ1n) is 5.68. The van der Waals surface area contributed by atoms with E-state index in [9.17, 15) is 0 Å². The molecule has 1 aromatic carbocycles. The zero-order valence-corrected chi connectivity index (χ0v) is 10.2. The highest BCUT2D eigenvalue weighted by Gasteiger charge is 2.21. The molecule has 2 rings (SSSR count). The highest BCUT2D eigenvalue weighted by Crippen LogP contribution is 2.38. The Morgan fingerprint density at radius 1 is 1.06 bits per heavy atom. The molecule has 0 saturated heterocycles. The fraction of sp³-hybridized carbons (Fsp3) is 0.538. The molecule has 88 valence electrons. The predicted molar refractivity (Wildman–Crippen MR) is 65.2 cm³/mol. The number of fused-ring (bicyclic) bond motifs is 1. The van der Waals surface area contributed by atoms with Crippen LogP contribution in [0, 0.1) is 0 Å². The third kappa shape index (κ3) is 2.08. The maximum absolute atomic E-state index is 6.05. The van der Waals surface area contributed by atoms with Gasteiger partial charge in [0.2, 0.25) is 0 Å². The first kappa shape index (κ1) is 11.1. The van der Waals surface area contributed by atoms with Gasteiger partial charge in [-0.05, 0) is 17.0 Å². The van der Waals surface area contributed by atoms with Gasteiger partial charge in [-0.1, -0.05) is 20.8 Å². The molecule has 0 fully saturated rings. The minimum absolute atomic E-state index is 0.0226. The van der Waals surface area contributed by atoms with Crippen molar-refractivity contribution in [3.63, 3.8) is 0 Å². The Labute approximate surface area is 96.5 Å². The monoisotopic (exact) mass is 221 g/mol. The van der Waals surface area contributed by atoms with E-state index in [2.05, 4.69) is 20.8 Å². The summed E-state index contributed by atoms with van der Waals surface area (Å²) in [5.74, 6) is 1.58. The van der Waals surface area contributed by atoms with E-state index < -0.39 is 0 Å². The van der Waals surface area contributed by atoms with Gasteiger partial charge in [0.05, 0.1) is 13.2 Å². The van der Waals surface area contributed by atoms with Crippen molar-refractivity contribution >= 4 is 5.69 Å². The smallest absolute Gasteiger partial charge is 0.163 e. The Kier molecular flexibility index (Phi) is 2.70. The number of hydrogen-bond donors (Lipinski definition) is 1. The highest BCUT2D eigenvalue weighted by molar-refractivity contribution is 5.60. The zero-order chi connectivity index (χ0) is 11.8. The van der Waals surface area contributed by atoms with E-state index in [1.165, 1.54) is 0 Å². The van der Waals surface area contributed by atoms with Crippen molar-refractivity contribution in [1.82, 2.24) is 0 Å². The Morgan fingerprint density at radius 3 is 2.19 bits per heavy atom. The average Bonchev–Trinajstić information content (AvgIpc) is 2.39. The summed E-state index contributed by atoms with van der Waals surface area (Å²) in [6.07, 6.45) is 0.916. The summed E-state index contributed by atoms with van der Waals surface area (Å²) in [6, 6.07) is 3.89. The van der Waals surface area contributed by atoms with Crippen LogP contribution in [0.25, 0.3) is 0 Å². The number of hydrogen-bond acceptors (Lipinski definition) is 3. The molecule has 2 N–H and O–H groups in total. The Bertz CT molecular complexity index is 394. The molecule has 1 heterocycles. The fourth-order valence-electron chi connectivity index (χ4n) is 1.87. The SMILES string of the molecule is CC(C)(C)c1cc2c(cc1N)OCCCO2. The van der Waals surface area contributed by atoms with Crippen molar-refractivity contribution in [3.8, 4) is 11.5 Å². The van der Waals surface area contributed by atoms with Crippen LogP contribution in [0.5, 0.6) is 11.5 Å². The second kappa shape index (κ2) is 3.89. The van der Waals surface area contributed by atoms with Gasteiger partial charge >= 0.3 is 0 Å². The first-order chi connectivity index (χ1) is 7.48. The predicted octanol–water partition coefficient (Wildman–Crippen LogP) is 2.73.